The van der Waals surface area contributed by atoms with E-state index in [0.29, 0.717) is 11.2 Å². The average Bonchev–Trinajstić information content (AvgIpc) is 2.74. The van der Waals surface area contributed by atoms with Crippen LogP contribution in [0.4, 0.5) is 0 Å². The summed E-state index contributed by atoms with van der Waals surface area (Å²) in [5, 5.41) is 0. The van der Waals surface area contributed by atoms with Crippen LogP contribution in [-0.2, 0) is 4.79 Å². The monoisotopic (exact) mass is 274 g/mol. The summed E-state index contributed by atoms with van der Waals surface area (Å²) in [6, 6.07) is 0. The lowest BCUT2D eigenvalue weighted by atomic mass is 9.45. The molecule has 20 heavy (non-hydrogen) atoms. The molecule has 0 heterocycles. The molecule has 0 aromatic rings. The van der Waals surface area contributed by atoms with Crippen molar-refractivity contribution >= 4 is 5.78 Å². The Bertz CT molecular complexity index is 427. The van der Waals surface area contributed by atoms with Gasteiger partial charge in [0.25, 0.3) is 0 Å². The summed E-state index contributed by atoms with van der Waals surface area (Å²) < 4.78 is 0. The zero-order valence-electron chi connectivity index (χ0n) is 13.3. The molecule has 0 radical (unpaired) electrons. The van der Waals surface area contributed by atoms with Crippen molar-refractivity contribution in [3.8, 4) is 0 Å². The summed E-state index contributed by atoms with van der Waals surface area (Å²) >= 11 is 0. The lowest BCUT2D eigenvalue weighted by Gasteiger charge is -2.59. The number of ketones is 1. The van der Waals surface area contributed by atoms with Gasteiger partial charge in [0.2, 0.25) is 0 Å². The Morgan fingerprint density at radius 2 is 1.75 bits per heavy atom. The van der Waals surface area contributed by atoms with E-state index >= 15 is 0 Å². The number of hydrogen-bond donors (Lipinski definition) is 0. The van der Waals surface area contributed by atoms with E-state index in [0.717, 1.165) is 30.1 Å². The van der Waals surface area contributed by atoms with Gasteiger partial charge < -0.3 is 0 Å². The van der Waals surface area contributed by atoms with Crippen LogP contribution in [0.5, 0.6) is 0 Å². The van der Waals surface area contributed by atoms with E-state index in [2.05, 4.69) is 13.8 Å². The van der Waals surface area contributed by atoms with Crippen LogP contribution in [0.3, 0.4) is 0 Å². The van der Waals surface area contributed by atoms with E-state index < -0.39 is 0 Å². The maximum Gasteiger partial charge on any atom is 0.139 e. The third-order valence-corrected chi connectivity index (χ3v) is 8.29. The van der Waals surface area contributed by atoms with Crippen molar-refractivity contribution < 1.29 is 4.79 Å². The molecule has 4 rings (SSSR count). The van der Waals surface area contributed by atoms with Gasteiger partial charge in [-0.2, -0.15) is 0 Å². The second-order valence-electron chi connectivity index (χ2n) is 8.82. The summed E-state index contributed by atoms with van der Waals surface area (Å²) in [5.41, 5.74) is 0.688. The summed E-state index contributed by atoms with van der Waals surface area (Å²) in [6.07, 6.45) is 13.4. The Kier molecular flexibility index (Phi) is 2.89. The highest BCUT2D eigenvalue weighted by Gasteiger charge is 2.59. The van der Waals surface area contributed by atoms with Crippen LogP contribution in [0.25, 0.3) is 0 Å². The molecule has 0 amide bonds. The Balaban J connectivity index is 1.66. The van der Waals surface area contributed by atoms with Crippen LogP contribution in [0.15, 0.2) is 0 Å². The molecule has 4 aliphatic rings. The molecular weight excluding hydrogens is 244 g/mol. The first-order valence-corrected chi connectivity index (χ1v) is 9.09. The van der Waals surface area contributed by atoms with Gasteiger partial charge in [0.05, 0.1) is 0 Å². The molecule has 0 bridgehead atoms. The summed E-state index contributed by atoms with van der Waals surface area (Å²) in [7, 11) is 0. The largest absolute Gasteiger partial charge is 0.299 e. The van der Waals surface area contributed by atoms with E-state index in [4.69, 9.17) is 0 Å². The fourth-order valence-electron chi connectivity index (χ4n) is 7.07. The minimum absolute atomic E-state index is 0.0685. The highest BCUT2D eigenvalue weighted by atomic mass is 16.1. The SMILES string of the molecule is C[C@]12CCCC[C@@H]1CC[C@@H]1[C@H]2CC[C@]2(C)C(=O)CC[C@@H]12. The number of hydrogen-bond acceptors (Lipinski definition) is 1. The van der Waals surface area contributed by atoms with Gasteiger partial charge in [-0.1, -0.05) is 26.7 Å². The van der Waals surface area contributed by atoms with Crippen molar-refractivity contribution in [3.05, 3.63) is 0 Å². The van der Waals surface area contributed by atoms with Crippen molar-refractivity contribution in [2.24, 2.45) is 34.5 Å². The smallest absolute Gasteiger partial charge is 0.139 e. The van der Waals surface area contributed by atoms with Gasteiger partial charge >= 0.3 is 0 Å². The first-order chi connectivity index (χ1) is 9.56. The zero-order valence-corrected chi connectivity index (χ0v) is 13.3. The number of Topliss-reactive ketones (excluding diaryl/α,β-unsaturated/α-hetero) is 1. The van der Waals surface area contributed by atoms with Crippen molar-refractivity contribution in [1.29, 1.82) is 0 Å². The molecule has 4 fully saturated rings. The Labute approximate surface area is 123 Å². The number of carbonyl (C=O) groups is 1. The standard InChI is InChI=1S/C19H30O/c1-18-11-4-3-5-13(18)6-7-14-15-8-9-17(20)19(15,2)12-10-16(14)18/h13-16H,3-12H2,1-2H3/t13-,14+,15+,16-,18+,19+/m1/s1. The van der Waals surface area contributed by atoms with Gasteiger partial charge in [-0.25, -0.2) is 0 Å². The fraction of sp³-hybridized carbons (Fsp3) is 0.947. The molecule has 0 unspecified atom stereocenters. The maximum absolute atomic E-state index is 12.4. The Morgan fingerprint density at radius 1 is 0.900 bits per heavy atom. The molecule has 0 aromatic carbocycles. The molecule has 1 heteroatoms. The van der Waals surface area contributed by atoms with Crippen LogP contribution < -0.4 is 0 Å². The quantitative estimate of drug-likeness (QED) is 0.608. The molecule has 0 saturated heterocycles. The van der Waals surface area contributed by atoms with Gasteiger partial charge in [-0.15, -0.1) is 0 Å². The van der Waals surface area contributed by atoms with Gasteiger partial charge in [0.1, 0.15) is 5.78 Å². The van der Waals surface area contributed by atoms with Crippen molar-refractivity contribution in [3.63, 3.8) is 0 Å². The Hall–Kier alpha value is -0.330. The lowest BCUT2D eigenvalue weighted by Crippen LogP contribution is -2.52. The molecule has 0 aliphatic heterocycles. The van der Waals surface area contributed by atoms with E-state index in [9.17, 15) is 4.79 Å². The van der Waals surface area contributed by atoms with Gasteiger partial charge in [0, 0.05) is 11.8 Å². The number of fused-ring (bicyclic) bond motifs is 5. The first-order valence-electron chi connectivity index (χ1n) is 9.09. The second kappa shape index (κ2) is 4.34. The van der Waals surface area contributed by atoms with E-state index in [1.807, 2.05) is 0 Å². The van der Waals surface area contributed by atoms with Gasteiger partial charge in [-0.05, 0) is 74.0 Å². The molecule has 6 atom stereocenters. The molecule has 112 valence electrons. The molecule has 1 nitrogen and oxygen atoms in total. The van der Waals surface area contributed by atoms with Crippen LogP contribution in [0.1, 0.15) is 78.1 Å². The van der Waals surface area contributed by atoms with Crippen LogP contribution >= 0.6 is 0 Å². The van der Waals surface area contributed by atoms with Crippen molar-refractivity contribution in [1.82, 2.24) is 0 Å². The lowest BCUT2D eigenvalue weighted by molar-refractivity contribution is -0.138. The minimum atomic E-state index is 0.0685. The van der Waals surface area contributed by atoms with Crippen LogP contribution in [0, 0.1) is 34.5 Å². The number of rotatable bonds is 0. The number of carbonyl (C=O) groups excluding carboxylic acids is 1. The molecule has 4 aliphatic carbocycles. The highest BCUT2D eigenvalue weighted by Crippen LogP contribution is 2.65. The maximum atomic E-state index is 12.4. The molecule has 4 saturated carbocycles. The predicted octanol–water partition coefficient (Wildman–Crippen LogP) is 4.99. The molecule has 0 spiro atoms. The van der Waals surface area contributed by atoms with E-state index in [1.54, 1.807) is 0 Å². The van der Waals surface area contributed by atoms with E-state index in [-0.39, 0.29) is 5.41 Å². The van der Waals surface area contributed by atoms with E-state index in [1.165, 1.54) is 57.8 Å². The fourth-order valence-corrected chi connectivity index (χ4v) is 7.07. The predicted molar refractivity (Wildman–Crippen MR) is 81.4 cm³/mol. The summed E-state index contributed by atoms with van der Waals surface area (Å²) in [6.45, 7) is 4.92. The third kappa shape index (κ3) is 1.58. The summed E-state index contributed by atoms with van der Waals surface area (Å²) in [4.78, 5) is 12.4. The minimum Gasteiger partial charge on any atom is -0.299 e. The van der Waals surface area contributed by atoms with Crippen molar-refractivity contribution in [2.45, 2.75) is 78.1 Å². The molecule has 0 N–H and O–H groups in total. The van der Waals surface area contributed by atoms with Gasteiger partial charge in [0.15, 0.2) is 0 Å². The third-order valence-electron chi connectivity index (χ3n) is 8.29. The first kappa shape index (κ1) is 13.3. The Morgan fingerprint density at radius 3 is 2.60 bits per heavy atom. The topological polar surface area (TPSA) is 17.1 Å². The van der Waals surface area contributed by atoms with Crippen molar-refractivity contribution in [2.75, 3.05) is 0 Å². The van der Waals surface area contributed by atoms with Gasteiger partial charge in [-0.3, -0.25) is 4.79 Å². The zero-order chi connectivity index (χ0) is 14.0. The normalized spacial score (nSPS) is 55.0. The van der Waals surface area contributed by atoms with Crippen LogP contribution in [-0.4, -0.2) is 5.78 Å². The highest BCUT2D eigenvalue weighted by molar-refractivity contribution is 5.87. The second-order valence-corrected chi connectivity index (χ2v) is 8.82. The molecular formula is C19H30O. The van der Waals surface area contributed by atoms with Crippen LogP contribution in [0.2, 0.25) is 0 Å². The summed E-state index contributed by atoms with van der Waals surface area (Å²) in [5.74, 6) is 4.13. The average molecular weight is 274 g/mol. The molecule has 0 aromatic heterocycles.